The molecule has 0 fully saturated rings. The van der Waals surface area contributed by atoms with Gasteiger partial charge >= 0.3 is 5.97 Å². The van der Waals surface area contributed by atoms with Crippen molar-refractivity contribution < 1.29 is 19.5 Å². The van der Waals surface area contributed by atoms with E-state index in [0.717, 1.165) is 35.3 Å². The summed E-state index contributed by atoms with van der Waals surface area (Å²) in [5.74, 6) is -1.66. The normalized spacial score (nSPS) is 12.5. The lowest BCUT2D eigenvalue weighted by Gasteiger charge is -2.09. The third-order valence-electron chi connectivity index (χ3n) is 4.28. The van der Waals surface area contributed by atoms with Crippen molar-refractivity contribution in [3.8, 4) is 0 Å². The Morgan fingerprint density at radius 2 is 1.81 bits per heavy atom. The highest BCUT2D eigenvalue weighted by Crippen LogP contribution is 2.39. The molecule has 1 aliphatic carbocycles. The first kappa shape index (κ1) is 18.1. The number of anilines is 2. The lowest BCUT2D eigenvalue weighted by atomic mass is 10.1. The molecule has 0 spiro atoms. The number of carboxylic acid groups (broad SMARTS) is 1. The van der Waals surface area contributed by atoms with Gasteiger partial charge in [-0.1, -0.05) is 17.7 Å². The first-order valence-electron chi connectivity index (χ1n) is 8.48. The predicted molar refractivity (Wildman–Crippen MR) is 101 cm³/mol. The quantitative estimate of drug-likeness (QED) is 0.722. The molecule has 7 heteroatoms. The highest BCUT2D eigenvalue weighted by molar-refractivity contribution is 7.17. The number of aryl methyl sites for hydroxylation is 2. The molecule has 0 radical (unpaired) electrons. The van der Waals surface area contributed by atoms with Crippen LogP contribution in [0.25, 0.3) is 0 Å². The topological polar surface area (TPSA) is 95.5 Å². The van der Waals surface area contributed by atoms with Crippen LogP contribution in [0.15, 0.2) is 24.3 Å². The summed E-state index contributed by atoms with van der Waals surface area (Å²) in [6.45, 7) is 1.97. The van der Waals surface area contributed by atoms with Crippen molar-refractivity contribution in [1.29, 1.82) is 0 Å². The van der Waals surface area contributed by atoms with Gasteiger partial charge in [-0.3, -0.25) is 14.4 Å². The monoisotopic (exact) mass is 372 g/mol. The van der Waals surface area contributed by atoms with Crippen LogP contribution in [0.2, 0.25) is 0 Å². The molecule has 0 bridgehead atoms. The third-order valence-corrected chi connectivity index (χ3v) is 5.48. The number of rotatable bonds is 6. The van der Waals surface area contributed by atoms with Crippen LogP contribution in [0.1, 0.15) is 45.6 Å². The molecule has 0 atom stereocenters. The number of carboxylic acids is 1. The van der Waals surface area contributed by atoms with Crippen LogP contribution < -0.4 is 10.6 Å². The lowest BCUT2D eigenvalue weighted by molar-refractivity contribution is -0.138. The predicted octanol–water partition coefficient (Wildman–Crippen LogP) is 3.60. The Morgan fingerprint density at radius 1 is 1.08 bits per heavy atom. The van der Waals surface area contributed by atoms with Crippen LogP contribution in [-0.4, -0.2) is 22.9 Å². The van der Waals surface area contributed by atoms with Gasteiger partial charge in [-0.2, -0.15) is 0 Å². The zero-order valence-corrected chi connectivity index (χ0v) is 15.2. The number of nitrogens with one attached hydrogen (secondary N) is 2. The second-order valence-electron chi connectivity index (χ2n) is 6.32. The van der Waals surface area contributed by atoms with Gasteiger partial charge in [0, 0.05) is 17.0 Å². The second-order valence-corrected chi connectivity index (χ2v) is 7.43. The summed E-state index contributed by atoms with van der Waals surface area (Å²) in [5, 5.41) is 14.8. The molecule has 1 aromatic carbocycles. The summed E-state index contributed by atoms with van der Waals surface area (Å²) in [5.41, 5.74) is 3.30. The van der Waals surface area contributed by atoms with E-state index in [2.05, 4.69) is 10.6 Å². The summed E-state index contributed by atoms with van der Waals surface area (Å²) >= 11 is 1.41. The highest BCUT2D eigenvalue weighted by atomic mass is 32.1. The maximum atomic E-state index is 12.8. The molecular weight excluding hydrogens is 352 g/mol. The van der Waals surface area contributed by atoms with E-state index >= 15 is 0 Å². The summed E-state index contributed by atoms with van der Waals surface area (Å²) < 4.78 is 0. The summed E-state index contributed by atoms with van der Waals surface area (Å²) in [7, 11) is 0. The summed E-state index contributed by atoms with van der Waals surface area (Å²) in [6, 6.07) is 7.51. The fourth-order valence-electron chi connectivity index (χ4n) is 2.97. The van der Waals surface area contributed by atoms with Crippen molar-refractivity contribution in [2.45, 2.75) is 39.0 Å². The van der Waals surface area contributed by atoms with Crippen molar-refractivity contribution in [2.75, 3.05) is 10.6 Å². The molecule has 1 aromatic heterocycles. The second kappa shape index (κ2) is 7.70. The minimum absolute atomic E-state index is 0.114. The van der Waals surface area contributed by atoms with E-state index in [-0.39, 0.29) is 18.7 Å². The molecule has 0 saturated heterocycles. The van der Waals surface area contributed by atoms with Crippen molar-refractivity contribution in [2.24, 2.45) is 0 Å². The minimum Gasteiger partial charge on any atom is -0.481 e. The van der Waals surface area contributed by atoms with Crippen LogP contribution in [0.5, 0.6) is 0 Å². The van der Waals surface area contributed by atoms with Crippen LogP contribution in [0.3, 0.4) is 0 Å². The van der Waals surface area contributed by atoms with Gasteiger partial charge in [0.1, 0.15) is 5.00 Å². The number of amides is 2. The molecular formula is C19H20N2O4S. The van der Waals surface area contributed by atoms with E-state index in [4.69, 9.17) is 5.11 Å². The van der Waals surface area contributed by atoms with Gasteiger partial charge in [-0.05, 0) is 43.9 Å². The van der Waals surface area contributed by atoms with Crippen molar-refractivity contribution in [1.82, 2.24) is 0 Å². The van der Waals surface area contributed by atoms with Crippen molar-refractivity contribution >= 4 is 39.8 Å². The molecule has 1 heterocycles. The molecule has 26 heavy (non-hydrogen) atoms. The van der Waals surface area contributed by atoms with E-state index in [9.17, 15) is 14.4 Å². The van der Waals surface area contributed by atoms with Gasteiger partial charge in [-0.25, -0.2) is 0 Å². The smallest absolute Gasteiger partial charge is 0.303 e. The third kappa shape index (κ3) is 4.11. The Hall–Kier alpha value is -2.67. The van der Waals surface area contributed by atoms with Crippen LogP contribution >= 0.6 is 11.3 Å². The largest absolute Gasteiger partial charge is 0.481 e. The van der Waals surface area contributed by atoms with E-state index in [0.29, 0.717) is 16.3 Å². The molecule has 2 aromatic rings. The molecule has 3 rings (SSSR count). The van der Waals surface area contributed by atoms with E-state index in [1.54, 1.807) is 0 Å². The standard InChI is InChI=1S/C19H20N2O4S/c1-11-5-7-12(8-6-11)20-18(25)17-13-3-2-4-14(13)26-19(17)21-15(22)9-10-16(23)24/h5-8H,2-4,9-10H2,1H3,(H,20,25)(H,21,22)(H,23,24). The molecule has 1 aliphatic rings. The van der Waals surface area contributed by atoms with Crippen LogP contribution in [-0.2, 0) is 22.4 Å². The first-order chi connectivity index (χ1) is 12.4. The van der Waals surface area contributed by atoms with Crippen LogP contribution in [0.4, 0.5) is 10.7 Å². The number of aliphatic carboxylic acids is 1. The molecule has 6 nitrogen and oxygen atoms in total. The van der Waals surface area contributed by atoms with Gasteiger partial charge in [0.05, 0.1) is 12.0 Å². The maximum absolute atomic E-state index is 12.8. The average molecular weight is 372 g/mol. The SMILES string of the molecule is Cc1ccc(NC(=O)c2c(NC(=O)CCC(=O)O)sc3c2CCC3)cc1. The molecule has 0 unspecified atom stereocenters. The van der Waals surface area contributed by atoms with Gasteiger partial charge < -0.3 is 15.7 Å². The Kier molecular flexibility index (Phi) is 5.37. The minimum atomic E-state index is -1.02. The average Bonchev–Trinajstić information content (AvgIpc) is 3.15. The Morgan fingerprint density at radius 3 is 2.50 bits per heavy atom. The lowest BCUT2D eigenvalue weighted by Crippen LogP contribution is -2.18. The number of hydrogen-bond donors (Lipinski definition) is 3. The van der Waals surface area contributed by atoms with Gasteiger partial charge in [0.25, 0.3) is 5.91 Å². The van der Waals surface area contributed by atoms with E-state index < -0.39 is 11.9 Å². The molecule has 0 saturated carbocycles. The number of carbonyl (C=O) groups is 3. The number of benzene rings is 1. The molecule has 0 aliphatic heterocycles. The number of hydrogen-bond acceptors (Lipinski definition) is 4. The number of fused-ring (bicyclic) bond motifs is 1. The maximum Gasteiger partial charge on any atom is 0.303 e. The van der Waals surface area contributed by atoms with Gasteiger partial charge in [-0.15, -0.1) is 11.3 Å². The molecule has 3 N–H and O–H groups in total. The number of carbonyl (C=O) groups excluding carboxylic acids is 2. The summed E-state index contributed by atoms with van der Waals surface area (Å²) in [4.78, 5) is 36.6. The Bertz CT molecular complexity index is 855. The molecule has 2 amide bonds. The fourth-order valence-corrected chi connectivity index (χ4v) is 4.28. The Balaban J connectivity index is 1.80. The van der Waals surface area contributed by atoms with Gasteiger partial charge in [0.15, 0.2) is 0 Å². The van der Waals surface area contributed by atoms with Crippen LogP contribution in [0, 0.1) is 6.92 Å². The zero-order chi connectivity index (χ0) is 18.7. The summed E-state index contributed by atoms with van der Waals surface area (Å²) in [6.07, 6.45) is 2.36. The first-order valence-corrected chi connectivity index (χ1v) is 9.30. The molecule has 136 valence electrons. The van der Waals surface area contributed by atoms with E-state index in [1.165, 1.54) is 11.3 Å². The zero-order valence-electron chi connectivity index (χ0n) is 14.4. The fraction of sp³-hybridized carbons (Fsp3) is 0.316. The Labute approximate surface area is 155 Å². The highest BCUT2D eigenvalue weighted by Gasteiger charge is 2.27. The van der Waals surface area contributed by atoms with Crippen molar-refractivity contribution in [3.63, 3.8) is 0 Å². The van der Waals surface area contributed by atoms with Gasteiger partial charge in [0.2, 0.25) is 5.91 Å². The van der Waals surface area contributed by atoms with Crippen molar-refractivity contribution in [3.05, 3.63) is 45.8 Å². The number of thiophene rings is 1. The van der Waals surface area contributed by atoms with E-state index in [1.807, 2.05) is 31.2 Å².